The van der Waals surface area contributed by atoms with Gasteiger partial charge in [-0.2, -0.15) is 5.10 Å². The van der Waals surface area contributed by atoms with Crippen LogP contribution in [0.4, 0.5) is 0 Å². The van der Waals surface area contributed by atoms with Crippen LogP contribution < -0.4 is 10.6 Å². The molecule has 2 heterocycles. The minimum Gasteiger partial charge on any atom is -0.383 e. The lowest BCUT2D eigenvalue weighted by atomic mass is 10.1. The van der Waals surface area contributed by atoms with Gasteiger partial charge < -0.3 is 20.3 Å². The highest BCUT2D eigenvalue weighted by Crippen LogP contribution is 2.18. The van der Waals surface area contributed by atoms with Crippen LogP contribution in [0.25, 0.3) is 5.69 Å². The standard InChI is InChI=1S/C23H36N6O/c1-5-24-23(26-21-10-12-28(13-11-21)14-15-30-4)25-17-20-8-6-7-9-22(20)29-19(3)16-18(2)27-29/h6-9,16,21H,5,10-15,17H2,1-4H3,(H2,24,25,26). The van der Waals surface area contributed by atoms with E-state index in [1.807, 2.05) is 11.6 Å². The molecule has 1 saturated heterocycles. The molecule has 1 fully saturated rings. The van der Waals surface area contributed by atoms with Crippen LogP contribution >= 0.6 is 0 Å². The van der Waals surface area contributed by atoms with E-state index in [4.69, 9.17) is 9.73 Å². The van der Waals surface area contributed by atoms with Gasteiger partial charge in [0.2, 0.25) is 0 Å². The average molecular weight is 413 g/mol. The molecule has 2 aromatic rings. The lowest BCUT2D eigenvalue weighted by molar-refractivity contribution is 0.128. The van der Waals surface area contributed by atoms with Crippen LogP contribution in [0.3, 0.4) is 0 Å². The maximum Gasteiger partial charge on any atom is 0.191 e. The van der Waals surface area contributed by atoms with Crippen LogP contribution in [0.2, 0.25) is 0 Å². The number of ether oxygens (including phenoxy) is 1. The Hall–Kier alpha value is -2.38. The van der Waals surface area contributed by atoms with E-state index in [9.17, 15) is 0 Å². The molecule has 0 bridgehead atoms. The van der Waals surface area contributed by atoms with Crippen molar-refractivity contribution >= 4 is 5.96 Å². The quantitative estimate of drug-likeness (QED) is 0.515. The molecule has 7 nitrogen and oxygen atoms in total. The number of hydrogen-bond acceptors (Lipinski definition) is 4. The van der Waals surface area contributed by atoms with Crippen molar-refractivity contribution in [2.24, 2.45) is 4.99 Å². The summed E-state index contributed by atoms with van der Waals surface area (Å²) in [5.41, 5.74) is 4.41. The summed E-state index contributed by atoms with van der Waals surface area (Å²) in [7, 11) is 1.76. The van der Waals surface area contributed by atoms with Crippen molar-refractivity contribution in [2.75, 3.05) is 39.9 Å². The number of likely N-dealkylation sites (tertiary alicyclic amines) is 1. The first-order chi connectivity index (χ1) is 14.6. The predicted octanol–water partition coefficient (Wildman–Crippen LogP) is 2.66. The van der Waals surface area contributed by atoms with Crippen LogP contribution in [-0.2, 0) is 11.3 Å². The second-order valence-electron chi connectivity index (χ2n) is 7.92. The molecule has 1 aromatic carbocycles. The second-order valence-corrected chi connectivity index (χ2v) is 7.92. The summed E-state index contributed by atoms with van der Waals surface area (Å²) in [6.07, 6.45) is 2.24. The van der Waals surface area contributed by atoms with Gasteiger partial charge in [-0.05, 0) is 51.3 Å². The van der Waals surface area contributed by atoms with Crippen molar-refractivity contribution in [3.8, 4) is 5.69 Å². The van der Waals surface area contributed by atoms with Crippen LogP contribution in [0.5, 0.6) is 0 Å². The number of guanidine groups is 1. The van der Waals surface area contributed by atoms with E-state index in [2.05, 4.69) is 64.8 Å². The van der Waals surface area contributed by atoms with E-state index in [1.165, 1.54) is 0 Å². The van der Waals surface area contributed by atoms with E-state index in [0.717, 1.165) is 74.2 Å². The fourth-order valence-corrected chi connectivity index (χ4v) is 3.92. The topological polar surface area (TPSA) is 66.7 Å². The third-order valence-electron chi connectivity index (χ3n) is 5.52. The number of methoxy groups -OCH3 is 1. The number of hydrogen-bond donors (Lipinski definition) is 2. The third kappa shape index (κ3) is 6.06. The van der Waals surface area contributed by atoms with E-state index < -0.39 is 0 Å². The maximum absolute atomic E-state index is 5.20. The molecule has 0 saturated carbocycles. The summed E-state index contributed by atoms with van der Waals surface area (Å²) in [5.74, 6) is 0.885. The molecule has 1 aliphatic heterocycles. The molecule has 30 heavy (non-hydrogen) atoms. The van der Waals surface area contributed by atoms with Gasteiger partial charge in [-0.1, -0.05) is 18.2 Å². The van der Waals surface area contributed by atoms with Gasteiger partial charge in [-0.15, -0.1) is 0 Å². The fourth-order valence-electron chi connectivity index (χ4n) is 3.92. The first-order valence-corrected chi connectivity index (χ1v) is 11.0. The van der Waals surface area contributed by atoms with Gasteiger partial charge in [0.15, 0.2) is 5.96 Å². The number of nitrogens with zero attached hydrogens (tertiary/aromatic N) is 4. The van der Waals surface area contributed by atoms with Gasteiger partial charge in [0.05, 0.1) is 24.5 Å². The number of para-hydroxylation sites is 1. The molecule has 0 atom stereocenters. The van der Waals surface area contributed by atoms with Crippen molar-refractivity contribution in [1.82, 2.24) is 25.3 Å². The number of aromatic nitrogens is 2. The van der Waals surface area contributed by atoms with E-state index >= 15 is 0 Å². The van der Waals surface area contributed by atoms with Gasteiger partial charge in [-0.3, -0.25) is 0 Å². The smallest absolute Gasteiger partial charge is 0.191 e. The molecule has 2 N–H and O–H groups in total. The molecular formula is C23H36N6O. The van der Waals surface area contributed by atoms with Crippen molar-refractivity contribution in [3.05, 3.63) is 47.3 Å². The first kappa shape index (κ1) is 22.3. The van der Waals surface area contributed by atoms with Crippen LogP contribution in [0.1, 0.15) is 36.7 Å². The summed E-state index contributed by atoms with van der Waals surface area (Å²) in [6.45, 7) is 11.7. The Morgan fingerprint density at radius 1 is 1.23 bits per heavy atom. The van der Waals surface area contributed by atoms with Crippen molar-refractivity contribution in [3.63, 3.8) is 0 Å². The molecule has 0 spiro atoms. The minimum atomic E-state index is 0.452. The third-order valence-corrected chi connectivity index (χ3v) is 5.52. The number of piperidine rings is 1. The van der Waals surface area contributed by atoms with Gasteiger partial charge in [-0.25, -0.2) is 9.67 Å². The largest absolute Gasteiger partial charge is 0.383 e. The summed E-state index contributed by atoms with van der Waals surface area (Å²) >= 11 is 0. The Morgan fingerprint density at radius 3 is 2.67 bits per heavy atom. The van der Waals surface area contributed by atoms with Crippen LogP contribution in [0.15, 0.2) is 35.3 Å². The SMILES string of the molecule is CCNC(=NCc1ccccc1-n1nc(C)cc1C)NC1CCN(CCOC)CC1. The zero-order valence-corrected chi connectivity index (χ0v) is 18.8. The van der Waals surface area contributed by atoms with Gasteiger partial charge in [0, 0.05) is 45.0 Å². The molecule has 1 aliphatic rings. The Labute approximate surface area is 180 Å². The average Bonchev–Trinajstić information content (AvgIpc) is 3.09. The van der Waals surface area contributed by atoms with Gasteiger partial charge in [0.25, 0.3) is 0 Å². The zero-order valence-electron chi connectivity index (χ0n) is 18.8. The molecule has 3 rings (SSSR count). The van der Waals surface area contributed by atoms with E-state index in [1.54, 1.807) is 7.11 Å². The van der Waals surface area contributed by atoms with E-state index in [0.29, 0.717) is 12.6 Å². The summed E-state index contributed by atoms with van der Waals surface area (Å²) in [4.78, 5) is 7.36. The van der Waals surface area contributed by atoms with Crippen LogP contribution in [0, 0.1) is 13.8 Å². The molecule has 0 radical (unpaired) electrons. The van der Waals surface area contributed by atoms with Crippen molar-refractivity contribution < 1.29 is 4.74 Å². The maximum atomic E-state index is 5.20. The number of aryl methyl sites for hydroxylation is 2. The molecule has 0 amide bonds. The van der Waals surface area contributed by atoms with E-state index in [-0.39, 0.29) is 0 Å². The second kappa shape index (κ2) is 11.1. The molecule has 1 aromatic heterocycles. The fraction of sp³-hybridized carbons (Fsp3) is 0.565. The number of nitrogens with one attached hydrogen (secondary N) is 2. The minimum absolute atomic E-state index is 0.452. The summed E-state index contributed by atoms with van der Waals surface area (Å²) in [5, 5.41) is 11.7. The first-order valence-electron chi connectivity index (χ1n) is 11.0. The van der Waals surface area contributed by atoms with Crippen LogP contribution in [-0.4, -0.2) is 66.6 Å². The molecular weight excluding hydrogens is 376 g/mol. The van der Waals surface area contributed by atoms with Crippen molar-refractivity contribution in [2.45, 2.75) is 46.2 Å². The summed E-state index contributed by atoms with van der Waals surface area (Å²) < 4.78 is 7.21. The molecule has 164 valence electrons. The predicted molar refractivity (Wildman–Crippen MR) is 122 cm³/mol. The Bertz CT molecular complexity index is 823. The molecule has 0 unspecified atom stereocenters. The molecule has 7 heteroatoms. The highest BCUT2D eigenvalue weighted by molar-refractivity contribution is 5.80. The van der Waals surface area contributed by atoms with Crippen molar-refractivity contribution in [1.29, 1.82) is 0 Å². The highest BCUT2D eigenvalue weighted by atomic mass is 16.5. The summed E-state index contributed by atoms with van der Waals surface area (Å²) in [6, 6.07) is 10.9. The Morgan fingerprint density at radius 2 is 2.00 bits per heavy atom. The highest BCUT2D eigenvalue weighted by Gasteiger charge is 2.19. The number of aliphatic imine (C=N–C) groups is 1. The Kier molecular flexibility index (Phi) is 8.28. The lowest BCUT2D eigenvalue weighted by Crippen LogP contribution is -2.49. The van der Waals surface area contributed by atoms with Gasteiger partial charge in [0.1, 0.15) is 0 Å². The Balaban J connectivity index is 1.65. The number of benzene rings is 1. The molecule has 0 aliphatic carbocycles. The lowest BCUT2D eigenvalue weighted by Gasteiger charge is -2.32. The normalized spacial score (nSPS) is 16.1. The zero-order chi connectivity index (χ0) is 21.3. The monoisotopic (exact) mass is 412 g/mol. The van der Waals surface area contributed by atoms with Gasteiger partial charge >= 0.3 is 0 Å². The number of rotatable bonds is 8.